The molecule has 90 valence electrons. The lowest BCUT2D eigenvalue weighted by molar-refractivity contribution is 0.430. The minimum atomic E-state index is -0.412. The Labute approximate surface area is 95.9 Å². The highest BCUT2D eigenvalue weighted by Crippen LogP contribution is 2.04. The van der Waals surface area contributed by atoms with Gasteiger partial charge in [0.25, 0.3) is 0 Å². The standard InChI is InChI=1S/C11H19FN4/c1-11(2,3)15-5-6-16(4)10-13-7-9(12)8-14-10/h7-8,15H,5-6H2,1-4H3. The van der Waals surface area contributed by atoms with Crippen molar-refractivity contribution in [2.45, 2.75) is 26.3 Å². The van der Waals surface area contributed by atoms with Crippen molar-refractivity contribution < 1.29 is 4.39 Å². The van der Waals surface area contributed by atoms with E-state index in [4.69, 9.17) is 0 Å². The minimum Gasteiger partial charge on any atom is -0.343 e. The molecule has 0 atom stereocenters. The van der Waals surface area contributed by atoms with Gasteiger partial charge in [0.1, 0.15) is 0 Å². The highest BCUT2D eigenvalue weighted by Gasteiger charge is 2.09. The Balaban J connectivity index is 2.41. The summed E-state index contributed by atoms with van der Waals surface area (Å²) in [4.78, 5) is 9.70. The summed E-state index contributed by atoms with van der Waals surface area (Å²) in [7, 11) is 1.89. The van der Waals surface area contributed by atoms with Crippen LogP contribution >= 0.6 is 0 Å². The van der Waals surface area contributed by atoms with Gasteiger partial charge < -0.3 is 10.2 Å². The minimum absolute atomic E-state index is 0.102. The van der Waals surface area contributed by atoms with Crippen molar-refractivity contribution in [2.24, 2.45) is 0 Å². The molecule has 0 amide bonds. The van der Waals surface area contributed by atoms with Gasteiger partial charge in [0, 0.05) is 25.7 Å². The first kappa shape index (κ1) is 12.8. The van der Waals surface area contributed by atoms with Crippen LogP contribution in [-0.4, -0.2) is 35.6 Å². The predicted molar refractivity (Wildman–Crippen MR) is 63.0 cm³/mol. The number of nitrogens with one attached hydrogen (secondary N) is 1. The molecule has 16 heavy (non-hydrogen) atoms. The Morgan fingerprint density at radius 3 is 2.38 bits per heavy atom. The number of likely N-dealkylation sites (N-methyl/N-ethyl adjacent to an activating group) is 1. The summed E-state index contributed by atoms with van der Waals surface area (Å²) in [6.45, 7) is 7.95. The molecule has 0 fully saturated rings. The molecule has 0 unspecified atom stereocenters. The molecule has 5 heteroatoms. The van der Waals surface area contributed by atoms with Gasteiger partial charge in [-0.25, -0.2) is 14.4 Å². The van der Waals surface area contributed by atoms with E-state index in [0.29, 0.717) is 5.95 Å². The number of hydrogen-bond donors (Lipinski definition) is 1. The molecule has 0 aliphatic heterocycles. The highest BCUT2D eigenvalue weighted by molar-refractivity contribution is 5.26. The largest absolute Gasteiger partial charge is 0.343 e. The summed E-state index contributed by atoms with van der Waals surface area (Å²) < 4.78 is 12.6. The number of rotatable bonds is 4. The van der Waals surface area contributed by atoms with Crippen molar-refractivity contribution in [1.29, 1.82) is 0 Å². The van der Waals surface area contributed by atoms with E-state index in [1.807, 2.05) is 11.9 Å². The third kappa shape index (κ3) is 4.53. The molecule has 1 rings (SSSR count). The van der Waals surface area contributed by atoms with Gasteiger partial charge in [-0.05, 0) is 20.8 Å². The number of aromatic nitrogens is 2. The summed E-state index contributed by atoms with van der Waals surface area (Å²) in [5.41, 5.74) is 0.102. The van der Waals surface area contributed by atoms with Crippen LogP contribution in [0.5, 0.6) is 0 Å². The van der Waals surface area contributed by atoms with Gasteiger partial charge in [0.05, 0.1) is 12.4 Å². The molecule has 1 aromatic rings. The van der Waals surface area contributed by atoms with Gasteiger partial charge in [-0.15, -0.1) is 0 Å². The number of nitrogens with zero attached hydrogens (tertiary/aromatic N) is 3. The highest BCUT2D eigenvalue weighted by atomic mass is 19.1. The second-order valence-corrected chi connectivity index (χ2v) is 4.80. The van der Waals surface area contributed by atoms with E-state index in [0.717, 1.165) is 13.1 Å². The van der Waals surface area contributed by atoms with E-state index in [1.165, 1.54) is 12.4 Å². The molecule has 0 saturated carbocycles. The van der Waals surface area contributed by atoms with Crippen LogP contribution in [0.3, 0.4) is 0 Å². The number of hydrogen-bond acceptors (Lipinski definition) is 4. The fraction of sp³-hybridized carbons (Fsp3) is 0.636. The zero-order chi connectivity index (χ0) is 12.2. The zero-order valence-corrected chi connectivity index (χ0v) is 10.3. The maximum atomic E-state index is 12.6. The van der Waals surface area contributed by atoms with Crippen LogP contribution in [0, 0.1) is 5.82 Å². The molecule has 0 aliphatic rings. The Kier molecular flexibility index (Phi) is 4.18. The van der Waals surface area contributed by atoms with Crippen LogP contribution in [0.25, 0.3) is 0 Å². The molecule has 0 aromatic carbocycles. The van der Waals surface area contributed by atoms with E-state index < -0.39 is 5.82 Å². The zero-order valence-electron chi connectivity index (χ0n) is 10.3. The third-order valence-electron chi connectivity index (χ3n) is 2.05. The molecule has 1 heterocycles. The normalized spacial score (nSPS) is 11.6. The summed E-state index contributed by atoms with van der Waals surface area (Å²) >= 11 is 0. The lowest BCUT2D eigenvalue weighted by Crippen LogP contribution is -2.40. The Morgan fingerprint density at radius 2 is 1.88 bits per heavy atom. The van der Waals surface area contributed by atoms with Gasteiger partial charge in [-0.2, -0.15) is 0 Å². The Hall–Kier alpha value is -1.23. The van der Waals surface area contributed by atoms with Crippen LogP contribution < -0.4 is 10.2 Å². The molecule has 0 bridgehead atoms. The van der Waals surface area contributed by atoms with Gasteiger partial charge in [-0.3, -0.25) is 0 Å². The van der Waals surface area contributed by atoms with Gasteiger partial charge in [0.15, 0.2) is 5.82 Å². The monoisotopic (exact) mass is 226 g/mol. The van der Waals surface area contributed by atoms with E-state index in [1.54, 1.807) is 0 Å². The van der Waals surface area contributed by atoms with Crippen LogP contribution in [-0.2, 0) is 0 Å². The Morgan fingerprint density at radius 1 is 1.31 bits per heavy atom. The fourth-order valence-electron chi connectivity index (χ4n) is 1.20. The van der Waals surface area contributed by atoms with Crippen molar-refractivity contribution in [3.63, 3.8) is 0 Å². The topological polar surface area (TPSA) is 41.0 Å². The van der Waals surface area contributed by atoms with Crippen LogP contribution in [0.15, 0.2) is 12.4 Å². The summed E-state index contributed by atoms with van der Waals surface area (Å²) in [6, 6.07) is 0. The van der Waals surface area contributed by atoms with Crippen molar-refractivity contribution in [3.8, 4) is 0 Å². The number of anilines is 1. The molecular formula is C11H19FN4. The first-order valence-corrected chi connectivity index (χ1v) is 5.32. The first-order chi connectivity index (χ1) is 7.38. The van der Waals surface area contributed by atoms with E-state index in [2.05, 4.69) is 36.1 Å². The molecule has 0 radical (unpaired) electrons. The second-order valence-electron chi connectivity index (χ2n) is 4.80. The van der Waals surface area contributed by atoms with Crippen molar-refractivity contribution in [1.82, 2.24) is 15.3 Å². The summed E-state index contributed by atoms with van der Waals surface area (Å²) in [5.74, 6) is 0.127. The predicted octanol–water partition coefficient (Wildman–Crippen LogP) is 1.44. The summed E-state index contributed by atoms with van der Waals surface area (Å²) in [5, 5.41) is 3.36. The fourth-order valence-corrected chi connectivity index (χ4v) is 1.20. The SMILES string of the molecule is CN(CCNC(C)(C)C)c1ncc(F)cn1. The van der Waals surface area contributed by atoms with E-state index >= 15 is 0 Å². The lowest BCUT2D eigenvalue weighted by Gasteiger charge is -2.23. The molecule has 0 spiro atoms. The van der Waals surface area contributed by atoms with Gasteiger partial charge in [-0.1, -0.05) is 0 Å². The maximum Gasteiger partial charge on any atom is 0.225 e. The van der Waals surface area contributed by atoms with E-state index in [9.17, 15) is 4.39 Å². The average molecular weight is 226 g/mol. The smallest absolute Gasteiger partial charge is 0.225 e. The quantitative estimate of drug-likeness (QED) is 0.843. The van der Waals surface area contributed by atoms with E-state index in [-0.39, 0.29) is 5.54 Å². The molecule has 0 saturated heterocycles. The average Bonchev–Trinajstić information content (AvgIpc) is 2.16. The van der Waals surface area contributed by atoms with Crippen molar-refractivity contribution in [3.05, 3.63) is 18.2 Å². The molecule has 1 N–H and O–H groups in total. The lowest BCUT2D eigenvalue weighted by atomic mass is 10.1. The third-order valence-corrected chi connectivity index (χ3v) is 2.05. The Bertz CT molecular complexity index is 318. The van der Waals surface area contributed by atoms with Crippen molar-refractivity contribution >= 4 is 5.95 Å². The molecule has 0 aliphatic carbocycles. The van der Waals surface area contributed by atoms with Crippen LogP contribution in [0.1, 0.15) is 20.8 Å². The molecular weight excluding hydrogens is 207 g/mol. The second kappa shape index (κ2) is 5.21. The number of halogens is 1. The van der Waals surface area contributed by atoms with Crippen molar-refractivity contribution in [2.75, 3.05) is 25.0 Å². The first-order valence-electron chi connectivity index (χ1n) is 5.32. The molecule has 4 nitrogen and oxygen atoms in total. The van der Waals surface area contributed by atoms with Gasteiger partial charge >= 0.3 is 0 Å². The van der Waals surface area contributed by atoms with Crippen LogP contribution in [0.4, 0.5) is 10.3 Å². The van der Waals surface area contributed by atoms with Crippen LogP contribution in [0.2, 0.25) is 0 Å². The summed E-state index contributed by atoms with van der Waals surface area (Å²) in [6.07, 6.45) is 2.35. The molecule has 1 aromatic heterocycles. The maximum absolute atomic E-state index is 12.6. The van der Waals surface area contributed by atoms with Gasteiger partial charge in [0.2, 0.25) is 5.95 Å².